The summed E-state index contributed by atoms with van der Waals surface area (Å²) in [5.41, 5.74) is 5.38. The molecule has 0 fully saturated rings. The first-order valence-electron chi connectivity index (χ1n) is 6.59. The molecule has 23 heavy (non-hydrogen) atoms. The summed E-state index contributed by atoms with van der Waals surface area (Å²) in [4.78, 5) is 11.9. The van der Waals surface area contributed by atoms with Crippen LogP contribution in [0.5, 0.6) is 0 Å². The lowest BCUT2D eigenvalue weighted by Gasteiger charge is -2.15. The van der Waals surface area contributed by atoms with Gasteiger partial charge in [0.25, 0.3) is 11.8 Å². The highest BCUT2D eigenvalue weighted by atomic mass is 35.5. The van der Waals surface area contributed by atoms with E-state index in [1.165, 1.54) is 12.1 Å². The van der Waals surface area contributed by atoms with E-state index in [0.29, 0.717) is 5.56 Å². The summed E-state index contributed by atoms with van der Waals surface area (Å²) in [7, 11) is -3.73. The van der Waals surface area contributed by atoms with Gasteiger partial charge in [-0.05, 0) is 24.6 Å². The van der Waals surface area contributed by atoms with Gasteiger partial charge in [0.05, 0.1) is 18.0 Å². The number of sulfonamides is 1. The number of alkyl halides is 2. The van der Waals surface area contributed by atoms with Gasteiger partial charge in [0.1, 0.15) is 0 Å². The van der Waals surface area contributed by atoms with E-state index in [9.17, 15) is 22.0 Å². The van der Waals surface area contributed by atoms with E-state index in [1.807, 2.05) is 0 Å². The number of amides is 1. The number of aryl methyl sites for hydroxylation is 1. The van der Waals surface area contributed by atoms with Crippen molar-refractivity contribution < 1.29 is 22.0 Å². The van der Waals surface area contributed by atoms with Gasteiger partial charge in [0, 0.05) is 12.1 Å². The molecule has 0 heterocycles. The maximum Gasteiger partial charge on any atom is 0.277 e. The second kappa shape index (κ2) is 8.53. The Morgan fingerprint density at radius 2 is 1.96 bits per heavy atom. The number of carbonyl (C=O) groups excluding carboxylic acids is 1. The molecule has 0 atom stereocenters. The van der Waals surface area contributed by atoms with E-state index in [-0.39, 0.29) is 29.4 Å². The van der Waals surface area contributed by atoms with Crippen LogP contribution in [0.2, 0.25) is 0 Å². The van der Waals surface area contributed by atoms with E-state index in [2.05, 4.69) is 10.0 Å². The van der Waals surface area contributed by atoms with Crippen molar-refractivity contribution in [2.24, 2.45) is 5.73 Å². The van der Waals surface area contributed by atoms with Crippen LogP contribution in [0.15, 0.2) is 23.1 Å². The highest BCUT2D eigenvalue weighted by molar-refractivity contribution is 7.89. The molecule has 1 aromatic rings. The lowest BCUT2D eigenvalue weighted by molar-refractivity contribution is 0.0118. The van der Waals surface area contributed by atoms with Crippen LogP contribution in [-0.2, 0) is 10.0 Å². The number of carbonyl (C=O) groups is 1. The average Bonchev–Trinajstić information content (AvgIpc) is 2.45. The van der Waals surface area contributed by atoms with Gasteiger partial charge in [-0.1, -0.05) is 13.0 Å². The van der Waals surface area contributed by atoms with Crippen LogP contribution in [0.25, 0.3) is 0 Å². The number of benzene rings is 1. The molecule has 1 rings (SSSR count). The third kappa shape index (κ3) is 6.02. The Bertz CT molecular complexity index is 654. The first-order chi connectivity index (χ1) is 10.1. The van der Waals surface area contributed by atoms with Gasteiger partial charge in [-0.15, -0.1) is 12.4 Å². The largest absolute Gasteiger partial charge is 0.346 e. The zero-order chi connectivity index (χ0) is 17.0. The standard InChI is InChI=1S/C13H19F2N3O3S.ClH/c1-3-18-22(20,21)10-5-4-9(2)11(6-10)12(19)17-8-13(14,15)7-16;/h4-6,18H,3,7-8,16H2,1-2H3,(H,17,19);1H. The quantitative estimate of drug-likeness (QED) is 0.666. The fourth-order valence-corrected chi connectivity index (χ4v) is 2.73. The molecule has 0 saturated carbocycles. The molecule has 1 aromatic carbocycles. The van der Waals surface area contributed by atoms with Gasteiger partial charge in [-0.3, -0.25) is 4.79 Å². The summed E-state index contributed by atoms with van der Waals surface area (Å²) in [6.45, 7) is 1.60. The summed E-state index contributed by atoms with van der Waals surface area (Å²) in [5.74, 6) is -3.99. The Morgan fingerprint density at radius 1 is 1.35 bits per heavy atom. The van der Waals surface area contributed by atoms with Crippen molar-refractivity contribution in [2.45, 2.75) is 24.7 Å². The first kappa shape index (κ1) is 21.7. The zero-order valence-electron chi connectivity index (χ0n) is 12.7. The molecule has 0 aliphatic rings. The van der Waals surface area contributed by atoms with E-state index >= 15 is 0 Å². The van der Waals surface area contributed by atoms with Gasteiger partial charge in [-0.25, -0.2) is 21.9 Å². The average molecular weight is 372 g/mol. The molecule has 10 heteroatoms. The summed E-state index contributed by atoms with van der Waals surface area (Å²) < 4.78 is 52.2. The maximum atomic E-state index is 13.1. The molecular weight excluding hydrogens is 352 g/mol. The van der Waals surface area contributed by atoms with E-state index in [0.717, 1.165) is 6.07 Å². The fraction of sp³-hybridized carbons (Fsp3) is 0.462. The Balaban J connectivity index is 0.00000484. The van der Waals surface area contributed by atoms with Crippen molar-refractivity contribution in [1.82, 2.24) is 10.0 Å². The predicted molar refractivity (Wildman–Crippen MR) is 85.6 cm³/mol. The number of halogens is 3. The van der Waals surface area contributed by atoms with E-state index in [4.69, 9.17) is 5.73 Å². The molecule has 0 radical (unpaired) electrons. The summed E-state index contributed by atoms with van der Waals surface area (Å²) in [6, 6.07) is 3.95. The Labute approximate surface area is 140 Å². The lowest BCUT2D eigenvalue weighted by Crippen LogP contribution is -2.41. The molecule has 0 spiro atoms. The van der Waals surface area contributed by atoms with Crippen LogP contribution in [0, 0.1) is 6.92 Å². The van der Waals surface area contributed by atoms with Crippen LogP contribution < -0.4 is 15.8 Å². The van der Waals surface area contributed by atoms with Crippen molar-refractivity contribution in [3.63, 3.8) is 0 Å². The number of nitrogens with two attached hydrogens (primary N) is 1. The van der Waals surface area contributed by atoms with Gasteiger partial charge in [0.15, 0.2) is 0 Å². The number of rotatable bonds is 7. The first-order valence-corrected chi connectivity index (χ1v) is 8.07. The Kier molecular flexibility index (Phi) is 8.05. The second-order valence-electron chi connectivity index (χ2n) is 4.72. The molecule has 4 N–H and O–H groups in total. The SMILES string of the molecule is CCNS(=O)(=O)c1ccc(C)c(C(=O)NCC(F)(F)CN)c1.Cl. The van der Waals surface area contributed by atoms with E-state index < -0.39 is 34.9 Å². The minimum atomic E-state index is -3.73. The highest BCUT2D eigenvalue weighted by Gasteiger charge is 2.28. The highest BCUT2D eigenvalue weighted by Crippen LogP contribution is 2.16. The van der Waals surface area contributed by atoms with Crippen molar-refractivity contribution in [1.29, 1.82) is 0 Å². The van der Waals surface area contributed by atoms with Crippen molar-refractivity contribution in [2.75, 3.05) is 19.6 Å². The molecule has 6 nitrogen and oxygen atoms in total. The van der Waals surface area contributed by atoms with Crippen LogP contribution in [0.1, 0.15) is 22.8 Å². The molecule has 0 aliphatic carbocycles. The van der Waals surface area contributed by atoms with Crippen LogP contribution >= 0.6 is 12.4 Å². The van der Waals surface area contributed by atoms with Crippen molar-refractivity contribution >= 4 is 28.3 Å². The molecule has 0 aliphatic heterocycles. The molecule has 0 aromatic heterocycles. The molecular formula is C13H20ClF2N3O3S. The Hall–Kier alpha value is -1.29. The van der Waals surface area contributed by atoms with Crippen LogP contribution in [0.3, 0.4) is 0 Å². The summed E-state index contributed by atoms with van der Waals surface area (Å²) in [6.07, 6.45) is 0. The zero-order valence-corrected chi connectivity index (χ0v) is 14.4. The monoisotopic (exact) mass is 371 g/mol. The van der Waals surface area contributed by atoms with Gasteiger partial charge < -0.3 is 11.1 Å². The molecule has 0 bridgehead atoms. The molecule has 0 unspecified atom stereocenters. The van der Waals surface area contributed by atoms with Crippen LogP contribution in [0.4, 0.5) is 8.78 Å². The number of hydrogen-bond donors (Lipinski definition) is 3. The molecule has 1 amide bonds. The van der Waals surface area contributed by atoms with Crippen LogP contribution in [-0.4, -0.2) is 39.9 Å². The summed E-state index contributed by atoms with van der Waals surface area (Å²) >= 11 is 0. The van der Waals surface area contributed by atoms with Gasteiger partial charge in [0.2, 0.25) is 10.0 Å². The maximum absolute atomic E-state index is 13.1. The Morgan fingerprint density at radius 3 is 2.48 bits per heavy atom. The predicted octanol–water partition coefficient (Wildman–Crippen LogP) is 1.04. The number of hydrogen-bond acceptors (Lipinski definition) is 4. The lowest BCUT2D eigenvalue weighted by atomic mass is 10.1. The minimum Gasteiger partial charge on any atom is -0.346 e. The third-order valence-corrected chi connectivity index (χ3v) is 4.45. The van der Waals surface area contributed by atoms with Crippen molar-refractivity contribution in [3.05, 3.63) is 29.3 Å². The van der Waals surface area contributed by atoms with Gasteiger partial charge >= 0.3 is 0 Å². The van der Waals surface area contributed by atoms with E-state index in [1.54, 1.807) is 13.8 Å². The second-order valence-corrected chi connectivity index (χ2v) is 6.49. The smallest absolute Gasteiger partial charge is 0.277 e. The topological polar surface area (TPSA) is 101 Å². The van der Waals surface area contributed by atoms with Gasteiger partial charge in [-0.2, -0.15) is 0 Å². The molecule has 0 saturated heterocycles. The normalized spacial score (nSPS) is 11.7. The minimum absolute atomic E-state index is 0. The third-order valence-electron chi connectivity index (χ3n) is 2.90. The molecule has 132 valence electrons. The fourth-order valence-electron chi connectivity index (χ4n) is 1.66. The van der Waals surface area contributed by atoms with Crippen molar-refractivity contribution in [3.8, 4) is 0 Å². The summed E-state index contributed by atoms with van der Waals surface area (Å²) in [5, 5.41) is 2.06. The number of nitrogens with one attached hydrogen (secondary N) is 2.